The summed E-state index contributed by atoms with van der Waals surface area (Å²) in [7, 11) is 0. The van der Waals surface area contributed by atoms with Gasteiger partial charge in [0.15, 0.2) is 0 Å². The summed E-state index contributed by atoms with van der Waals surface area (Å²) in [5.74, 6) is 0.575. The fourth-order valence-corrected chi connectivity index (χ4v) is 4.18. The highest BCUT2D eigenvalue weighted by molar-refractivity contribution is 5.75. The first kappa shape index (κ1) is 19.1. The lowest BCUT2D eigenvalue weighted by Crippen LogP contribution is -2.39. The first-order valence-corrected chi connectivity index (χ1v) is 10.3. The number of piperidine rings is 1. The molecule has 1 N–H and O–H groups in total. The zero-order chi connectivity index (χ0) is 19.3. The Hall–Kier alpha value is -2.19. The summed E-state index contributed by atoms with van der Waals surface area (Å²) in [6, 6.07) is 1.83. The van der Waals surface area contributed by atoms with Crippen LogP contribution in [0.5, 0.6) is 0 Å². The second-order valence-corrected chi connectivity index (χ2v) is 7.72. The first-order valence-electron chi connectivity index (χ1n) is 10.3. The molecule has 2 aromatic rings. The summed E-state index contributed by atoms with van der Waals surface area (Å²) in [5, 5.41) is 12.0. The minimum absolute atomic E-state index is 0.0304. The molecule has 4 rings (SSSR count). The van der Waals surface area contributed by atoms with E-state index in [0.717, 1.165) is 58.6 Å². The highest BCUT2D eigenvalue weighted by atomic mass is 16.5. The van der Waals surface area contributed by atoms with Gasteiger partial charge in [0, 0.05) is 49.7 Å². The van der Waals surface area contributed by atoms with Gasteiger partial charge in [-0.25, -0.2) is 0 Å². The largest absolute Gasteiger partial charge is 0.376 e. The van der Waals surface area contributed by atoms with Crippen LogP contribution in [0.3, 0.4) is 0 Å². The Balaban J connectivity index is 1.23. The zero-order valence-corrected chi connectivity index (χ0v) is 16.6. The fraction of sp³-hybridized carbons (Fsp3) is 0.650. The van der Waals surface area contributed by atoms with E-state index in [0.29, 0.717) is 19.1 Å². The number of carbonyl (C=O) groups is 1. The predicted octanol–water partition coefficient (Wildman–Crippen LogP) is 1.20. The third-order valence-electron chi connectivity index (χ3n) is 5.81. The third kappa shape index (κ3) is 4.44. The van der Waals surface area contributed by atoms with Crippen molar-refractivity contribution in [3.63, 3.8) is 0 Å². The third-order valence-corrected chi connectivity index (χ3v) is 5.81. The average Bonchev–Trinajstić information content (AvgIpc) is 3.35. The molecule has 1 saturated heterocycles. The van der Waals surface area contributed by atoms with E-state index in [1.54, 1.807) is 10.9 Å². The van der Waals surface area contributed by atoms with E-state index in [9.17, 15) is 4.79 Å². The number of nitrogens with one attached hydrogen (secondary N) is 1. The molecule has 0 bridgehead atoms. The molecule has 2 aliphatic rings. The van der Waals surface area contributed by atoms with Crippen molar-refractivity contribution < 1.29 is 9.53 Å². The standard InChI is InChI=1S/C20H30N6O2/c1-2-26-19-6-11-28-15-17(19)18(23-26)13-24-9-4-16(5-10-24)12-21-20(27)14-25-8-3-7-22-25/h3,7-8,16H,2,4-6,9-15H2,1H3,(H,21,27). The van der Waals surface area contributed by atoms with Crippen molar-refractivity contribution in [2.45, 2.75) is 52.4 Å². The van der Waals surface area contributed by atoms with E-state index in [1.165, 1.54) is 17.0 Å². The van der Waals surface area contributed by atoms with Crippen LogP contribution >= 0.6 is 0 Å². The van der Waals surface area contributed by atoms with Crippen molar-refractivity contribution >= 4 is 5.91 Å². The fourth-order valence-electron chi connectivity index (χ4n) is 4.18. The summed E-state index contributed by atoms with van der Waals surface area (Å²) >= 11 is 0. The van der Waals surface area contributed by atoms with Gasteiger partial charge in [-0.3, -0.25) is 19.1 Å². The van der Waals surface area contributed by atoms with Crippen molar-refractivity contribution in [3.8, 4) is 0 Å². The van der Waals surface area contributed by atoms with Gasteiger partial charge in [0.25, 0.3) is 0 Å². The second-order valence-electron chi connectivity index (χ2n) is 7.72. The highest BCUT2D eigenvalue weighted by Gasteiger charge is 2.25. The molecule has 0 atom stereocenters. The van der Waals surface area contributed by atoms with Crippen molar-refractivity contribution in [1.82, 2.24) is 29.8 Å². The lowest BCUT2D eigenvalue weighted by molar-refractivity contribution is -0.122. The molecular formula is C20H30N6O2. The molecule has 8 heteroatoms. The van der Waals surface area contributed by atoms with Gasteiger partial charge in [0.2, 0.25) is 5.91 Å². The van der Waals surface area contributed by atoms with Gasteiger partial charge in [-0.1, -0.05) is 0 Å². The maximum absolute atomic E-state index is 12.0. The number of aromatic nitrogens is 4. The molecule has 1 amide bonds. The number of hydrogen-bond donors (Lipinski definition) is 1. The van der Waals surface area contributed by atoms with Crippen LogP contribution in [0.4, 0.5) is 0 Å². The van der Waals surface area contributed by atoms with Crippen molar-refractivity contribution in [3.05, 3.63) is 35.4 Å². The van der Waals surface area contributed by atoms with Gasteiger partial charge in [-0.05, 0) is 44.8 Å². The number of ether oxygens (including phenoxy) is 1. The van der Waals surface area contributed by atoms with Gasteiger partial charge >= 0.3 is 0 Å². The van der Waals surface area contributed by atoms with Crippen LogP contribution in [-0.2, 0) is 42.2 Å². The summed E-state index contributed by atoms with van der Waals surface area (Å²) in [6.07, 6.45) is 6.68. The maximum Gasteiger partial charge on any atom is 0.241 e. The maximum atomic E-state index is 12.0. The molecule has 0 saturated carbocycles. The van der Waals surface area contributed by atoms with Crippen LogP contribution in [0.2, 0.25) is 0 Å². The van der Waals surface area contributed by atoms with E-state index >= 15 is 0 Å². The molecule has 8 nitrogen and oxygen atoms in total. The number of likely N-dealkylation sites (tertiary alicyclic amines) is 1. The van der Waals surface area contributed by atoms with Crippen molar-refractivity contribution in [2.75, 3.05) is 26.2 Å². The smallest absolute Gasteiger partial charge is 0.241 e. The van der Waals surface area contributed by atoms with Crippen LogP contribution in [0, 0.1) is 5.92 Å². The van der Waals surface area contributed by atoms with E-state index in [4.69, 9.17) is 9.84 Å². The normalized spacial score (nSPS) is 18.2. The zero-order valence-electron chi connectivity index (χ0n) is 16.6. The highest BCUT2D eigenvalue weighted by Crippen LogP contribution is 2.24. The lowest BCUT2D eigenvalue weighted by Gasteiger charge is -2.31. The summed E-state index contributed by atoms with van der Waals surface area (Å²) in [6.45, 7) is 8.61. The van der Waals surface area contributed by atoms with Crippen LogP contribution in [0.25, 0.3) is 0 Å². The molecule has 4 heterocycles. The number of carbonyl (C=O) groups excluding carboxylic acids is 1. The number of amides is 1. The number of aryl methyl sites for hydroxylation is 1. The van der Waals surface area contributed by atoms with Gasteiger partial charge in [-0.15, -0.1) is 0 Å². The van der Waals surface area contributed by atoms with E-state index < -0.39 is 0 Å². The topological polar surface area (TPSA) is 77.2 Å². The van der Waals surface area contributed by atoms with Crippen LogP contribution in [0.1, 0.15) is 36.7 Å². The Bertz CT molecular complexity index is 777. The van der Waals surface area contributed by atoms with Crippen LogP contribution < -0.4 is 5.32 Å². The lowest BCUT2D eigenvalue weighted by atomic mass is 9.96. The molecule has 2 aliphatic heterocycles. The number of rotatable bonds is 7. The Morgan fingerprint density at radius 3 is 2.96 bits per heavy atom. The van der Waals surface area contributed by atoms with Gasteiger partial charge in [-0.2, -0.15) is 10.2 Å². The van der Waals surface area contributed by atoms with Crippen molar-refractivity contribution in [2.24, 2.45) is 5.92 Å². The second kappa shape index (κ2) is 8.87. The van der Waals surface area contributed by atoms with Gasteiger partial charge in [0.1, 0.15) is 6.54 Å². The average molecular weight is 387 g/mol. The van der Waals surface area contributed by atoms with Crippen LogP contribution in [-0.4, -0.2) is 56.6 Å². The van der Waals surface area contributed by atoms with Gasteiger partial charge in [0.05, 0.1) is 18.9 Å². The molecule has 1 fully saturated rings. The Morgan fingerprint density at radius 2 is 2.21 bits per heavy atom. The Morgan fingerprint density at radius 1 is 1.36 bits per heavy atom. The predicted molar refractivity (Wildman–Crippen MR) is 104 cm³/mol. The SMILES string of the molecule is CCn1nc(CN2CCC(CNC(=O)Cn3cccn3)CC2)c2c1CCOC2. The molecule has 28 heavy (non-hydrogen) atoms. The molecule has 152 valence electrons. The molecule has 0 spiro atoms. The molecule has 0 aliphatic carbocycles. The minimum Gasteiger partial charge on any atom is -0.376 e. The van der Waals surface area contributed by atoms with Gasteiger partial charge < -0.3 is 10.1 Å². The Labute approximate surface area is 165 Å². The number of nitrogens with zero attached hydrogens (tertiary/aromatic N) is 5. The summed E-state index contributed by atoms with van der Waals surface area (Å²) in [4.78, 5) is 14.5. The molecule has 0 aromatic carbocycles. The molecule has 2 aromatic heterocycles. The Kier molecular flexibility index (Phi) is 6.07. The molecular weight excluding hydrogens is 356 g/mol. The summed E-state index contributed by atoms with van der Waals surface area (Å²) in [5.41, 5.74) is 3.85. The van der Waals surface area contributed by atoms with Crippen molar-refractivity contribution in [1.29, 1.82) is 0 Å². The monoisotopic (exact) mass is 386 g/mol. The van der Waals surface area contributed by atoms with E-state index in [2.05, 4.69) is 26.9 Å². The number of fused-ring (bicyclic) bond motifs is 1. The minimum atomic E-state index is 0.0304. The van der Waals surface area contributed by atoms with E-state index in [1.807, 2.05) is 12.3 Å². The number of hydrogen-bond acceptors (Lipinski definition) is 5. The molecule has 0 radical (unpaired) electrons. The van der Waals surface area contributed by atoms with E-state index in [-0.39, 0.29) is 5.91 Å². The quantitative estimate of drug-likeness (QED) is 0.774. The first-order chi connectivity index (χ1) is 13.7. The van der Waals surface area contributed by atoms with Crippen LogP contribution in [0.15, 0.2) is 18.5 Å². The summed E-state index contributed by atoms with van der Waals surface area (Å²) < 4.78 is 9.47. The molecule has 0 unspecified atom stereocenters.